The molecule has 4 nitrogen and oxygen atoms in total. The van der Waals surface area contributed by atoms with Gasteiger partial charge in [-0.2, -0.15) is 0 Å². The van der Waals surface area contributed by atoms with Crippen LogP contribution in [0.25, 0.3) is 0 Å². The lowest BCUT2D eigenvalue weighted by Gasteiger charge is -2.22. The van der Waals surface area contributed by atoms with Crippen LogP contribution in [0.1, 0.15) is 17.5 Å². The molecule has 2 aliphatic heterocycles. The Hall–Kier alpha value is -1.26. The van der Waals surface area contributed by atoms with Crippen LogP contribution in [-0.2, 0) is 17.8 Å². The number of nitrogens with one attached hydrogen (secondary N) is 2. The molecule has 0 saturated carbocycles. The predicted octanol–water partition coefficient (Wildman–Crippen LogP) is 1.40. The van der Waals surface area contributed by atoms with E-state index in [0.717, 1.165) is 38.2 Å². The van der Waals surface area contributed by atoms with Crippen LogP contribution in [-0.4, -0.2) is 37.0 Å². The van der Waals surface area contributed by atoms with E-state index in [1.54, 1.807) is 4.90 Å². The van der Waals surface area contributed by atoms with Gasteiger partial charge in [0, 0.05) is 25.8 Å². The number of fused-ring (bicyclic) bond motifs is 1. The Morgan fingerprint density at radius 2 is 2.26 bits per heavy atom. The van der Waals surface area contributed by atoms with Gasteiger partial charge in [0.05, 0.1) is 0 Å². The highest BCUT2D eigenvalue weighted by atomic mass is 35.5. The minimum absolute atomic E-state index is 0. The first-order chi connectivity index (χ1) is 8.75. The number of amides is 1. The first kappa shape index (κ1) is 14.2. The molecule has 0 aliphatic carbocycles. The van der Waals surface area contributed by atoms with Crippen molar-refractivity contribution in [1.29, 1.82) is 0 Å². The molecule has 1 saturated heterocycles. The van der Waals surface area contributed by atoms with E-state index in [4.69, 9.17) is 0 Å². The summed E-state index contributed by atoms with van der Waals surface area (Å²) in [5.41, 5.74) is 3.84. The quantitative estimate of drug-likeness (QED) is 0.861. The number of hydrogen-bond acceptors (Lipinski definition) is 3. The van der Waals surface area contributed by atoms with Gasteiger partial charge in [-0.3, -0.25) is 4.79 Å². The molecule has 1 atom stereocenters. The molecule has 0 bridgehead atoms. The number of benzene rings is 1. The first-order valence-corrected chi connectivity index (χ1v) is 6.59. The summed E-state index contributed by atoms with van der Waals surface area (Å²) >= 11 is 0. The van der Waals surface area contributed by atoms with Gasteiger partial charge in [-0.1, -0.05) is 12.1 Å². The molecular formula is C14H20ClN3O. The third-order valence-electron chi connectivity index (χ3n) is 3.90. The lowest BCUT2D eigenvalue weighted by molar-refractivity contribution is -0.127. The molecule has 2 N–H and O–H groups in total. The SMILES string of the molecule is CN1CC[C@H](Nc2cccc3c2CNCC3)C1=O.Cl. The smallest absolute Gasteiger partial charge is 0.244 e. The third kappa shape index (κ3) is 2.69. The van der Waals surface area contributed by atoms with E-state index in [1.165, 1.54) is 11.1 Å². The van der Waals surface area contributed by atoms with Crippen LogP contribution in [0.5, 0.6) is 0 Å². The fraction of sp³-hybridized carbons (Fsp3) is 0.500. The van der Waals surface area contributed by atoms with E-state index >= 15 is 0 Å². The van der Waals surface area contributed by atoms with Crippen molar-refractivity contribution in [2.45, 2.75) is 25.4 Å². The fourth-order valence-electron chi connectivity index (χ4n) is 2.79. The summed E-state index contributed by atoms with van der Waals surface area (Å²) in [5.74, 6) is 0.205. The molecule has 1 aromatic carbocycles. The number of likely N-dealkylation sites (tertiary alicyclic amines) is 1. The van der Waals surface area contributed by atoms with Crippen molar-refractivity contribution in [2.75, 3.05) is 25.5 Å². The van der Waals surface area contributed by atoms with Gasteiger partial charge in [-0.15, -0.1) is 12.4 Å². The molecule has 0 aromatic heterocycles. The van der Waals surface area contributed by atoms with Crippen molar-refractivity contribution < 1.29 is 4.79 Å². The van der Waals surface area contributed by atoms with Crippen molar-refractivity contribution in [3.05, 3.63) is 29.3 Å². The zero-order valence-electron chi connectivity index (χ0n) is 11.1. The van der Waals surface area contributed by atoms with E-state index < -0.39 is 0 Å². The highest BCUT2D eigenvalue weighted by Crippen LogP contribution is 2.25. The summed E-state index contributed by atoms with van der Waals surface area (Å²) < 4.78 is 0. The molecule has 104 valence electrons. The monoisotopic (exact) mass is 281 g/mol. The van der Waals surface area contributed by atoms with Crippen molar-refractivity contribution in [3.8, 4) is 0 Å². The van der Waals surface area contributed by atoms with Crippen LogP contribution in [0.3, 0.4) is 0 Å². The molecule has 2 heterocycles. The van der Waals surface area contributed by atoms with Crippen LogP contribution in [0, 0.1) is 0 Å². The molecule has 1 fully saturated rings. The number of hydrogen-bond donors (Lipinski definition) is 2. The number of nitrogens with zero attached hydrogens (tertiary/aromatic N) is 1. The topological polar surface area (TPSA) is 44.4 Å². The molecule has 0 radical (unpaired) electrons. The zero-order valence-corrected chi connectivity index (χ0v) is 11.9. The van der Waals surface area contributed by atoms with E-state index in [-0.39, 0.29) is 24.4 Å². The Labute approximate surface area is 120 Å². The van der Waals surface area contributed by atoms with E-state index in [1.807, 2.05) is 7.05 Å². The second-order valence-corrected chi connectivity index (χ2v) is 5.12. The molecule has 0 unspecified atom stereocenters. The average molecular weight is 282 g/mol. The van der Waals surface area contributed by atoms with Crippen molar-refractivity contribution in [1.82, 2.24) is 10.2 Å². The fourth-order valence-corrected chi connectivity index (χ4v) is 2.79. The summed E-state index contributed by atoms with van der Waals surface area (Å²) in [6.07, 6.45) is 1.97. The Morgan fingerprint density at radius 3 is 3.00 bits per heavy atom. The standard InChI is InChI=1S/C14H19N3O.ClH/c1-17-8-6-13(14(17)18)16-12-4-2-3-10-5-7-15-9-11(10)12;/h2-4,13,15-16H,5-9H2,1H3;1H/t13-;/m0./s1. The maximum atomic E-state index is 11.9. The second kappa shape index (κ2) is 5.80. The van der Waals surface area contributed by atoms with Crippen molar-refractivity contribution in [2.24, 2.45) is 0 Å². The first-order valence-electron chi connectivity index (χ1n) is 6.59. The molecule has 5 heteroatoms. The maximum Gasteiger partial charge on any atom is 0.244 e. The largest absolute Gasteiger partial charge is 0.373 e. The minimum atomic E-state index is -0.0524. The van der Waals surface area contributed by atoms with Gasteiger partial charge < -0.3 is 15.5 Å². The summed E-state index contributed by atoms with van der Waals surface area (Å²) in [5, 5.41) is 6.81. The normalized spacial score (nSPS) is 21.8. The summed E-state index contributed by atoms with van der Waals surface area (Å²) in [7, 11) is 1.87. The lowest BCUT2D eigenvalue weighted by atomic mass is 9.99. The number of anilines is 1. The van der Waals surface area contributed by atoms with Gasteiger partial charge in [0.1, 0.15) is 6.04 Å². The van der Waals surface area contributed by atoms with Gasteiger partial charge >= 0.3 is 0 Å². The Kier molecular flexibility index (Phi) is 4.32. The Morgan fingerprint density at radius 1 is 1.42 bits per heavy atom. The summed E-state index contributed by atoms with van der Waals surface area (Å²) in [6, 6.07) is 6.29. The zero-order chi connectivity index (χ0) is 12.5. The minimum Gasteiger partial charge on any atom is -0.373 e. The van der Waals surface area contributed by atoms with E-state index in [9.17, 15) is 4.79 Å². The number of likely N-dealkylation sites (N-methyl/N-ethyl adjacent to an activating group) is 1. The van der Waals surface area contributed by atoms with Crippen LogP contribution in [0.2, 0.25) is 0 Å². The molecule has 19 heavy (non-hydrogen) atoms. The lowest BCUT2D eigenvalue weighted by Crippen LogP contribution is -2.32. The number of carbonyl (C=O) groups is 1. The van der Waals surface area contributed by atoms with Crippen molar-refractivity contribution >= 4 is 24.0 Å². The Balaban J connectivity index is 0.00000133. The van der Waals surface area contributed by atoms with Gasteiger partial charge in [-0.05, 0) is 36.6 Å². The molecule has 1 amide bonds. The van der Waals surface area contributed by atoms with Gasteiger partial charge in [-0.25, -0.2) is 0 Å². The van der Waals surface area contributed by atoms with E-state index in [0.29, 0.717) is 0 Å². The Bertz CT molecular complexity index is 478. The average Bonchev–Trinajstić information content (AvgIpc) is 2.71. The molecule has 0 spiro atoms. The maximum absolute atomic E-state index is 11.9. The highest BCUT2D eigenvalue weighted by molar-refractivity contribution is 5.86. The van der Waals surface area contributed by atoms with E-state index in [2.05, 4.69) is 28.8 Å². The van der Waals surface area contributed by atoms with Gasteiger partial charge in [0.2, 0.25) is 5.91 Å². The number of carbonyl (C=O) groups excluding carboxylic acids is 1. The van der Waals surface area contributed by atoms with Crippen molar-refractivity contribution in [3.63, 3.8) is 0 Å². The third-order valence-corrected chi connectivity index (χ3v) is 3.90. The van der Waals surface area contributed by atoms with Gasteiger partial charge in [0.15, 0.2) is 0 Å². The molecule has 2 aliphatic rings. The van der Waals surface area contributed by atoms with Crippen LogP contribution in [0.15, 0.2) is 18.2 Å². The van der Waals surface area contributed by atoms with Gasteiger partial charge in [0.25, 0.3) is 0 Å². The van der Waals surface area contributed by atoms with Crippen LogP contribution in [0.4, 0.5) is 5.69 Å². The van der Waals surface area contributed by atoms with Crippen LogP contribution < -0.4 is 10.6 Å². The number of rotatable bonds is 2. The van der Waals surface area contributed by atoms with Crippen LogP contribution >= 0.6 is 12.4 Å². The second-order valence-electron chi connectivity index (χ2n) is 5.12. The highest BCUT2D eigenvalue weighted by Gasteiger charge is 2.29. The number of halogens is 1. The molecule has 1 aromatic rings. The predicted molar refractivity (Wildman–Crippen MR) is 78.8 cm³/mol. The molecule has 3 rings (SSSR count). The molecular weight excluding hydrogens is 262 g/mol. The summed E-state index contributed by atoms with van der Waals surface area (Å²) in [4.78, 5) is 13.7. The summed E-state index contributed by atoms with van der Waals surface area (Å²) in [6.45, 7) is 2.79.